The van der Waals surface area contributed by atoms with E-state index in [1.54, 1.807) is 31.2 Å². The molecule has 0 fully saturated rings. The van der Waals surface area contributed by atoms with Crippen molar-refractivity contribution in [1.29, 1.82) is 0 Å². The van der Waals surface area contributed by atoms with Gasteiger partial charge in [-0.3, -0.25) is 4.79 Å². The van der Waals surface area contributed by atoms with Gasteiger partial charge in [-0.2, -0.15) is 8.78 Å². The molecule has 25 heavy (non-hydrogen) atoms. The Balaban J connectivity index is 0.00000225. The molecular formula is C18H19ClF2N2O2. The number of carbonyl (C=O) groups is 1. The van der Waals surface area contributed by atoms with Crippen LogP contribution in [0, 0.1) is 0 Å². The standard InChI is InChI=1S/C18H18F2N2O2.ClH/c1-11(14-4-2-3-5-16(14)24-18(19)20)22-17(23)13-6-7-15-12(10-13)8-9-21-15;/h2-7,10-11,18,21H,8-9H2,1H3,(H,22,23);1H. The number of alkyl halides is 2. The molecule has 0 radical (unpaired) electrons. The lowest BCUT2D eigenvalue weighted by Gasteiger charge is -2.18. The topological polar surface area (TPSA) is 50.4 Å². The SMILES string of the molecule is CC(NC(=O)c1ccc2c(c1)CCN2)c1ccccc1OC(F)F.Cl. The second kappa shape index (κ2) is 8.16. The highest BCUT2D eigenvalue weighted by molar-refractivity contribution is 5.95. The van der Waals surface area contributed by atoms with E-state index in [1.165, 1.54) is 6.07 Å². The Morgan fingerprint density at radius 3 is 2.76 bits per heavy atom. The molecule has 0 spiro atoms. The van der Waals surface area contributed by atoms with Crippen LogP contribution in [0.2, 0.25) is 0 Å². The predicted octanol–water partition coefficient (Wildman–Crippen LogP) is 4.17. The van der Waals surface area contributed by atoms with E-state index in [9.17, 15) is 13.6 Å². The summed E-state index contributed by atoms with van der Waals surface area (Å²) in [6.45, 7) is -0.298. The Bertz CT molecular complexity index is 756. The lowest BCUT2D eigenvalue weighted by molar-refractivity contribution is -0.0506. The van der Waals surface area contributed by atoms with E-state index < -0.39 is 12.7 Å². The van der Waals surface area contributed by atoms with Gasteiger partial charge in [0.05, 0.1) is 6.04 Å². The molecule has 134 valence electrons. The Morgan fingerprint density at radius 1 is 1.24 bits per heavy atom. The van der Waals surface area contributed by atoms with Gasteiger partial charge in [0.1, 0.15) is 5.75 Å². The first kappa shape index (κ1) is 19.0. The van der Waals surface area contributed by atoms with Crippen LogP contribution in [0.1, 0.15) is 34.5 Å². The van der Waals surface area contributed by atoms with E-state index in [2.05, 4.69) is 15.4 Å². The van der Waals surface area contributed by atoms with E-state index in [0.29, 0.717) is 11.1 Å². The summed E-state index contributed by atoms with van der Waals surface area (Å²) >= 11 is 0. The van der Waals surface area contributed by atoms with Crippen molar-refractivity contribution in [3.05, 3.63) is 59.2 Å². The van der Waals surface area contributed by atoms with Crippen molar-refractivity contribution in [2.24, 2.45) is 0 Å². The molecule has 1 aliphatic rings. The van der Waals surface area contributed by atoms with E-state index in [0.717, 1.165) is 24.2 Å². The number of fused-ring (bicyclic) bond motifs is 1. The van der Waals surface area contributed by atoms with Gasteiger partial charge < -0.3 is 15.4 Å². The van der Waals surface area contributed by atoms with Gasteiger partial charge in [-0.25, -0.2) is 0 Å². The number of hydrogen-bond acceptors (Lipinski definition) is 3. The molecule has 0 saturated carbocycles. The molecule has 1 atom stereocenters. The van der Waals surface area contributed by atoms with Crippen molar-refractivity contribution in [3.8, 4) is 5.75 Å². The maximum absolute atomic E-state index is 12.5. The molecule has 2 N–H and O–H groups in total. The molecule has 2 aromatic carbocycles. The third-order valence-corrected chi connectivity index (χ3v) is 4.03. The zero-order valence-electron chi connectivity index (χ0n) is 13.6. The van der Waals surface area contributed by atoms with Crippen LogP contribution in [0.5, 0.6) is 5.75 Å². The second-order valence-corrected chi connectivity index (χ2v) is 5.66. The molecule has 0 saturated heterocycles. The zero-order valence-corrected chi connectivity index (χ0v) is 14.4. The van der Waals surface area contributed by atoms with Crippen molar-refractivity contribution in [1.82, 2.24) is 5.32 Å². The van der Waals surface area contributed by atoms with Gasteiger partial charge >= 0.3 is 6.61 Å². The van der Waals surface area contributed by atoms with E-state index in [-0.39, 0.29) is 24.1 Å². The molecule has 0 aliphatic carbocycles. The van der Waals surface area contributed by atoms with Gasteiger partial charge in [0.15, 0.2) is 0 Å². The Morgan fingerprint density at radius 2 is 2.00 bits per heavy atom. The Kier molecular flexibility index (Phi) is 6.20. The normalized spacial score (nSPS) is 13.4. The Labute approximate surface area is 151 Å². The molecule has 1 heterocycles. The quantitative estimate of drug-likeness (QED) is 0.832. The summed E-state index contributed by atoms with van der Waals surface area (Å²) in [4.78, 5) is 12.4. The average Bonchev–Trinajstić information content (AvgIpc) is 3.02. The minimum atomic E-state index is -2.90. The molecule has 1 aliphatic heterocycles. The highest BCUT2D eigenvalue weighted by Gasteiger charge is 2.18. The van der Waals surface area contributed by atoms with Gasteiger partial charge in [0.25, 0.3) is 5.91 Å². The first-order valence-electron chi connectivity index (χ1n) is 7.76. The smallest absolute Gasteiger partial charge is 0.387 e. The molecule has 7 heteroatoms. The van der Waals surface area contributed by atoms with Crippen LogP contribution in [-0.2, 0) is 6.42 Å². The van der Waals surface area contributed by atoms with Crippen LogP contribution in [0.4, 0.5) is 14.5 Å². The largest absolute Gasteiger partial charge is 0.434 e. The number of benzene rings is 2. The van der Waals surface area contributed by atoms with Gasteiger partial charge in [0.2, 0.25) is 0 Å². The number of para-hydroxylation sites is 1. The lowest BCUT2D eigenvalue weighted by Crippen LogP contribution is -2.27. The third kappa shape index (κ3) is 4.39. The lowest BCUT2D eigenvalue weighted by atomic mass is 10.0. The summed E-state index contributed by atoms with van der Waals surface area (Å²) in [5.41, 5.74) is 3.22. The van der Waals surface area contributed by atoms with Gasteiger partial charge in [-0.15, -0.1) is 12.4 Å². The first-order chi connectivity index (χ1) is 11.5. The van der Waals surface area contributed by atoms with Crippen LogP contribution in [0.25, 0.3) is 0 Å². The summed E-state index contributed by atoms with van der Waals surface area (Å²) in [7, 11) is 0. The average molecular weight is 369 g/mol. The minimum absolute atomic E-state index is 0. The van der Waals surface area contributed by atoms with Crippen LogP contribution in [-0.4, -0.2) is 19.1 Å². The number of halogens is 3. The third-order valence-electron chi connectivity index (χ3n) is 4.03. The molecule has 1 amide bonds. The fourth-order valence-corrected chi connectivity index (χ4v) is 2.85. The molecule has 2 aromatic rings. The van der Waals surface area contributed by atoms with Crippen molar-refractivity contribution < 1.29 is 18.3 Å². The number of amides is 1. The van der Waals surface area contributed by atoms with Crippen LogP contribution >= 0.6 is 12.4 Å². The molecule has 0 aromatic heterocycles. The van der Waals surface area contributed by atoms with E-state index >= 15 is 0 Å². The van der Waals surface area contributed by atoms with Crippen molar-refractivity contribution in [3.63, 3.8) is 0 Å². The second-order valence-electron chi connectivity index (χ2n) is 5.66. The van der Waals surface area contributed by atoms with Crippen molar-refractivity contribution in [2.45, 2.75) is 26.0 Å². The highest BCUT2D eigenvalue weighted by atomic mass is 35.5. The number of ether oxygens (including phenoxy) is 1. The van der Waals surface area contributed by atoms with Crippen molar-refractivity contribution >= 4 is 24.0 Å². The summed E-state index contributed by atoms with van der Waals surface area (Å²) < 4.78 is 29.5. The van der Waals surface area contributed by atoms with Crippen molar-refractivity contribution in [2.75, 3.05) is 11.9 Å². The minimum Gasteiger partial charge on any atom is -0.434 e. The molecule has 0 bridgehead atoms. The van der Waals surface area contributed by atoms with E-state index in [4.69, 9.17) is 0 Å². The van der Waals surface area contributed by atoms with Crippen LogP contribution in [0.3, 0.4) is 0 Å². The Hall–Kier alpha value is -2.34. The monoisotopic (exact) mass is 368 g/mol. The zero-order chi connectivity index (χ0) is 17.1. The van der Waals surface area contributed by atoms with Crippen LogP contribution in [0.15, 0.2) is 42.5 Å². The van der Waals surface area contributed by atoms with Gasteiger partial charge in [-0.1, -0.05) is 18.2 Å². The maximum Gasteiger partial charge on any atom is 0.387 e. The summed E-state index contributed by atoms with van der Waals surface area (Å²) in [5.74, 6) is -0.178. The predicted molar refractivity (Wildman–Crippen MR) is 94.8 cm³/mol. The summed E-state index contributed by atoms with van der Waals surface area (Å²) in [6.07, 6.45) is 0.886. The fraction of sp³-hybridized carbons (Fsp3) is 0.278. The van der Waals surface area contributed by atoms with Gasteiger partial charge in [0, 0.05) is 23.4 Å². The number of anilines is 1. The van der Waals surface area contributed by atoms with E-state index in [1.807, 2.05) is 12.1 Å². The molecule has 3 rings (SSSR count). The molecular weight excluding hydrogens is 350 g/mol. The fourth-order valence-electron chi connectivity index (χ4n) is 2.85. The number of rotatable bonds is 5. The summed E-state index contributed by atoms with van der Waals surface area (Å²) in [6, 6.07) is 11.5. The number of nitrogens with one attached hydrogen (secondary N) is 2. The number of carbonyl (C=O) groups excluding carboxylic acids is 1. The van der Waals surface area contributed by atoms with Gasteiger partial charge in [-0.05, 0) is 43.2 Å². The maximum atomic E-state index is 12.5. The highest BCUT2D eigenvalue weighted by Crippen LogP contribution is 2.27. The molecule has 4 nitrogen and oxygen atoms in total. The first-order valence-corrected chi connectivity index (χ1v) is 7.76. The van der Waals surface area contributed by atoms with Crippen LogP contribution < -0.4 is 15.4 Å². The molecule has 1 unspecified atom stereocenters. The number of hydrogen-bond donors (Lipinski definition) is 2. The summed E-state index contributed by atoms with van der Waals surface area (Å²) in [5, 5.41) is 6.07.